The van der Waals surface area contributed by atoms with Crippen LogP contribution in [0, 0.1) is 10.1 Å². The van der Waals surface area contributed by atoms with Gasteiger partial charge in [-0.1, -0.05) is 30.3 Å². The number of non-ortho nitro benzene ring substituents is 1. The fourth-order valence-electron chi connectivity index (χ4n) is 3.44. The predicted molar refractivity (Wildman–Crippen MR) is 94.7 cm³/mol. The van der Waals surface area contributed by atoms with Crippen LogP contribution < -0.4 is 10.1 Å². The lowest BCUT2D eigenvalue weighted by molar-refractivity contribution is -0.384. The van der Waals surface area contributed by atoms with Crippen LogP contribution in [-0.4, -0.2) is 18.1 Å². The molecule has 0 bridgehead atoms. The summed E-state index contributed by atoms with van der Waals surface area (Å²) in [5.74, 6) is 1.25. The highest BCUT2D eigenvalue weighted by Crippen LogP contribution is 2.36. The lowest BCUT2D eigenvalue weighted by Gasteiger charge is -2.30. The highest BCUT2D eigenvalue weighted by Gasteiger charge is 2.23. The third-order valence-corrected chi connectivity index (χ3v) is 4.75. The van der Waals surface area contributed by atoms with E-state index in [1.165, 1.54) is 11.6 Å². The van der Waals surface area contributed by atoms with Crippen LogP contribution in [0.25, 0.3) is 0 Å². The minimum Gasteiger partial charge on any atom is -0.495 e. The number of rotatable bonds is 5. The van der Waals surface area contributed by atoms with Crippen molar-refractivity contribution >= 4 is 11.4 Å². The Morgan fingerprint density at radius 2 is 1.79 bits per heavy atom. The van der Waals surface area contributed by atoms with Gasteiger partial charge in [0.1, 0.15) is 5.75 Å². The first-order valence-electron chi connectivity index (χ1n) is 8.31. The molecule has 1 N–H and O–H groups in total. The molecule has 1 saturated carbocycles. The van der Waals surface area contributed by atoms with E-state index in [9.17, 15) is 10.1 Å². The lowest BCUT2D eigenvalue weighted by atomic mass is 9.81. The van der Waals surface area contributed by atoms with E-state index in [2.05, 4.69) is 29.6 Å². The summed E-state index contributed by atoms with van der Waals surface area (Å²) in [6.45, 7) is 0. The van der Waals surface area contributed by atoms with Crippen molar-refractivity contribution < 1.29 is 9.66 Å². The van der Waals surface area contributed by atoms with Crippen molar-refractivity contribution in [2.24, 2.45) is 0 Å². The fourth-order valence-corrected chi connectivity index (χ4v) is 3.44. The summed E-state index contributed by atoms with van der Waals surface area (Å²) in [5, 5.41) is 14.4. The van der Waals surface area contributed by atoms with Crippen LogP contribution >= 0.6 is 0 Å². The Morgan fingerprint density at radius 3 is 2.42 bits per heavy atom. The van der Waals surface area contributed by atoms with Crippen LogP contribution in [0.1, 0.15) is 37.2 Å². The number of nitro benzene ring substituents is 1. The highest BCUT2D eigenvalue weighted by molar-refractivity contribution is 5.62. The van der Waals surface area contributed by atoms with E-state index in [1.54, 1.807) is 19.2 Å². The Morgan fingerprint density at radius 1 is 1.08 bits per heavy atom. The van der Waals surface area contributed by atoms with Crippen molar-refractivity contribution in [3.63, 3.8) is 0 Å². The summed E-state index contributed by atoms with van der Waals surface area (Å²) < 4.78 is 5.33. The monoisotopic (exact) mass is 326 g/mol. The molecule has 1 aliphatic rings. The fraction of sp³-hybridized carbons (Fsp3) is 0.368. The van der Waals surface area contributed by atoms with E-state index in [-0.39, 0.29) is 10.6 Å². The van der Waals surface area contributed by atoms with Gasteiger partial charge >= 0.3 is 0 Å². The molecule has 2 aromatic carbocycles. The normalized spacial score (nSPS) is 20.4. The Balaban J connectivity index is 1.65. The smallest absolute Gasteiger partial charge is 0.271 e. The molecule has 5 heteroatoms. The van der Waals surface area contributed by atoms with Crippen molar-refractivity contribution in [3.8, 4) is 5.75 Å². The lowest BCUT2D eigenvalue weighted by Crippen LogP contribution is -2.25. The first-order chi connectivity index (χ1) is 11.7. The first-order valence-corrected chi connectivity index (χ1v) is 8.31. The Kier molecular flexibility index (Phi) is 4.99. The van der Waals surface area contributed by atoms with Crippen LogP contribution in [0.4, 0.5) is 11.4 Å². The number of ether oxygens (including phenoxy) is 1. The van der Waals surface area contributed by atoms with Crippen molar-refractivity contribution in [1.82, 2.24) is 0 Å². The second-order valence-corrected chi connectivity index (χ2v) is 6.25. The summed E-state index contributed by atoms with van der Waals surface area (Å²) in [6, 6.07) is 15.6. The molecule has 1 fully saturated rings. The van der Waals surface area contributed by atoms with Crippen molar-refractivity contribution in [3.05, 3.63) is 64.2 Å². The number of anilines is 1. The van der Waals surface area contributed by atoms with Gasteiger partial charge in [0.25, 0.3) is 5.69 Å². The van der Waals surface area contributed by atoms with Gasteiger partial charge in [0.2, 0.25) is 0 Å². The van der Waals surface area contributed by atoms with Gasteiger partial charge in [-0.2, -0.15) is 0 Å². The van der Waals surface area contributed by atoms with E-state index >= 15 is 0 Å². The maximum absolute atomic E-state index is 11.0. The second-order valence-electron chi connectivity index (χ2n) is 6.25. The number of nitrogens with zero attached hydrogens (tertiary/aromatic N) is 1. The van der Waals surface area contributed by atoms with Crippen LogP contribution in [0.3, 0.4) is 0 Å². The largest absolute Gasteiger partial charge is 0.495 e. The molecule has 0 aromatic heterocycles. The highest BCUT2D eigenvalue weighted by atomic mass is 16.6. The van der Waals surface area contributed by atoms with Gasteiger partial charge in [-0.05, 0) is 43.2 Å². The third kappa shape index (κ3) is 3.67. The zero-order valence-electron chi connectivity index (χ0n) is 13.8. The van der Waals surface area contributed by atoms with E-state index in [0.29, 0.717) is 23.4 Å². The molecule has 3 rings (SSSR count). The summed E-state index contributed by atoms with van der Waals surface area (Å²) in [7, 11) is 1.58. The van der Waals surface area contributed by atoms with Gasteiger partial charge in [-0.15, -0.1) is 0 Å². The quantitative estimate of drug-likeness (QED) is 0.636. The molecule has 0 radical (unpaired) electrons. The summed E-state index contributed by atoms with van der Waals surface area (Å²) >= 11 is 0. The molecule has 0 aliphatic heterocycles. The molecule has 5 nitrogen and oxygen atoms in total. The topological polar surface area (TPSA) is 64.4 Å². The maximum Gasteiger partial charge on any atom is 0.271 e. The molecule has 0 saturated heterocycles. The number of hydrogen-bond donors (Lipinski definition) is 1. The van der Waals surface area contributed by atoms with Crippen molar-refractivity contribution in [2.75, 3.05) is 12.4 Å². The molecule has 0 atom stereocenters. The number of benzene rings is 2. The standard InChI is InChI=1S/C19H22N2O3/c1-24-19-12-11-17(21(22)23)13-18(19)20-16-9-7-15(8-10-16)14-5-3-2-4-6-14/h2-6,11-13,15-16,20H,7-10H2,1H3. The maximum atomic E-state index is 11.0. The van der Waals surface area contributed by atoms with Crippen LogP contribution in [0.5, 0.6) is 5.75 Å². The van der Waals surface area contributed by atoms with E-state index < -0.39 is 0 Å². The minimum atomic E-state index is -0.378. The Hall–Kier alpha value is -2.56. The summed E-state index contributed by atoms with van der Waals surface area (Å²) in [6.07, 6.45) is 4.34. The number of methoxy groups -OCH3 is 1. The molecule has 24 heavy (non-hydrogen) atoms. The molecule has 2 aromatic rings. The first kappa shape index (κ1) is 16.3. The van der Waals surface area contributed by atoms with Gasteiger partial charge in [-0.25, -0.2) is 0 Å². The second kappa shape index (κ2) is 7.34. The van der Waals surface area contributed by atoms with Crippen LogP contribution in [0.15, 0.2) is 48.5 Å². The van der Waals surface area contributed by atoms with E-state index in [0.717, 1.165) is 25.7 Å². The zero-order chi connectivity index (χ0) is 16.9. The molecule has 0 heterocycles. The van der Waals surface area contributed by atoms with Gasteiger partial charge in [0.15, 0.2) is 0 Å². The molecular formula is C19H22N2O3. The van der Waals surface area contributed by atoms with Gasteiger partial charge in [0, 0.05) is 18.2 Å². The molecule has 126 valence electrons. The molecule has 1 aliphatic carbocycles. The molecule has 0 amide bonds. The average Bonchev–Trinajstić information content (AvgIpc) is 2.63. The number of nitrogens with one attached hydrogen (secondary N) is 1. The molecule has 0 unspecified atom stereocenters. The van der Waals surface area contributed by atoms with E-state index in [1.807, 2.05) is 6.07 Å². The molecule has 0 spiro atoms. The van der Waals surface area contributed by atoms with Gasteiger partial charge in [-0.3, -0.25) is 10.1 Å². The minimum absolute atomic E-state index is 0.0799. The summed E-state index contributed by atoms with van der Waals surface area (Å²) in [5.41, 5.74) is 2.19. The van der Waals surface area contributed by atoms with Crippen molar-refractivity contribution in [2.45, 2.75) is 37.6 Å². The molecular weight excluding hydrogens is 304 g/mol. The SMILES string of the molecule is COc1ccc([N+](=O)[O-])cc1NC1CCC(c2ccccc2)CC1. The zero-order valence-corrected chi connectivity index (χ0v) is 13.8. The van der Waals surface area contributed by atoms with Crippen molar-refractivity contribution in [1.29, 1.82) is 0 Å². The van der Waals surface area contributed by atoms with Gasteiger partial charge < -0.3 is 10.1 Å². The van der Waals surface area contributed by atoms with Gasteiger partial charge in [0.05, 0.1) is 17.7 Å². The number of hydrogen-bond acceptors (Lipinski definition) is 4. The number of nitro groups is 1. The van der Waals surface area contributed by atoms with Crippen LogP contribution in [-0.2, 0) is 0 Å². The Bertz CT molecular complexity index is 695. The van der Waals surface area contributed by atoms with Crippen LogP contribution in [0.2, 0.25) is 0 Å². The van der Waals surface area contributed by atoms with E-state index in [4.69, 9.17) is 4.74 Å². The summed E-state index contributed by atoms with van der Waals surface area (Å²) in [4.78, 5) is 10.6. The predicted octanol–water partition coefficient (Wildman–Crippen LogP) is 4.74. The third-order valence-electron chi connectivity index (χ3n) is 4.75. The average molecular weight is 326 g/mol. The Labute approximate surface area is 141 Å².